The number of carbonyl (C=O) groups excluding carboxylic acids is 1. The number of benzene rings is 3. The second kappa shape index (κ2) is 14.1. The number of carbonyl (C=O) groups is 2. The van der Waals surface area contributed by atoms with E-state index in [0.29, 0.717) is 6.42 Å². The number of methoxy groups -OCH3 is 2. The first-order valence-electron chi connectivity index (χ1n) is 13.2. The molecule has 1 aliphatic heterocycles. The summed E-state index contributed by atoms with van der Waals surface area (Å²) >= 11 is 0. The van der Waals surface area contributed by atoms with E-state index in [0.717, 1.165) is 5.56 Å². The van der Waals surface area contributed by atoms with Crippen molar-refractivity contribution in [2.45, 2.75) is 37.1 Å². The Bertz CT molecular complexity index is 1410. The van der Waals surface area contributed by atoms with Crippen LogP contribution < -0.4 is 18.9 Å². The number of aromatic hydroxyl groups is 1. The number of rotatable bonds is 12. The fourth-order valence-corrected chi connectivity index (χ4v) is 4.31. The molecule has 3 aromatic carbocycles. The Hall–Kier alpha value is -4.56. The summed E-state index contributed by atoms with van der Waals surface area (Å²) in [5.74, 6) is -2.42. The van der Waals surface area contributed by atoms with E-state index in [1.54, 1.807) is 0 Å². The van der Waals surface area contributed by atoms with Crippen LogP contribution in [0.15, 0.2) is 60.7 Å². The van der Waals surface area contributed by atoms with Gasteiger partial charge in [0.1, 0.15) is 31.0 Å². The summed E-state index contributed by atoms with van der Waals surface area (Å²) in [6.07, 6.45) is -7.47. The largest absolute Gasteiger partial charge is 0.502 e. The number of hydrogen-bond donors (Lipinski definition) is 5. The highest BCUT2D eigenvalue weighted by atomic mass is 16.7. The van der Waals surface area contributed by atoms with Crippen LogP contribution in [-0.2, 0) is 15.9 Å². The molecule has 1 aliphatic rings. The fraction of sp³-hybridized carbons (Fsp3) is 0.333. The maximum absolute atomic E-state index is 13.0. The predicted octanol–water partition coefficient (Wildman–Crippen LogP) is 1.77. The Balaban J connectivity index is 1.43. The summed E-state index contributed by atoms with van der Waals surface area (Å²) in [6.45, 7) is -0.362. The Morgan fingerprint density at radius 1 is 0.814 bits per heavy atom. The van der Waals surface area contributed by atoms with Crippen LogP contribution in [0, 0.1) is 0 Å². The first-order valence-corrected chi connectivity index (χ1v) is 13.2. The summed E-state index contributed by atoms with van der Waals surface area (Å²) in [7, 11) is 2.59. The van der Waals surface area contributed by atoms with Crippen molar-refractivity contribution in [1.82, 2.24) is 0 Å². The van der Waals surface area contributed by atoms with Gasteiger partial charge in [-0.05, 0) is 35.9 Å². The summed E-state index contributed by atoms with van der Waals surface area (Å²) in [5.41, 5.74) is 0.900. The lowest BCUT2D eigenvalue weighted by molar-refractivity contribution is -0.277. The lowest BCUT2D eigenvalue weighted by atomic mass is 9.99. The molecule has 43 heavy (non-hydrogen) atoms. The zero-order valence-electron chi connectivity index (χ0n) is 23.3. The van der Waals surface area contributed by atoms with E-state index in [1.807, 2.05) is 30.3 Å². The van der Waals surface area contributed by atoms with E-state index in [-0.39, 0.29) is 46.5 Å². The van der Waals surface area contributed by atoms with Crippen molar-refractivity contribution in [1.29, 1.82) is 0 Å². The van der Waals surface area contributed by atoms with Crippen molar-refractivity contribution in [3.63, 3.8) is 0 Å². The molecule has 0 aromatic heterocycles. The van der Waals surface area contributed by atoms with Crippen LogP contribution in [0.4, 0.5) is 0 Å². The Kier molecular flexibility index (Phi) is 10.3. The molecule has 0 spiro atoms. The molecule has 4 rings (SSSR count). The van der Waals surface area contributed by atoms with E-state index < -0.39 is 49.3 Å². The van der Waals surface area contributed by atoms with Gasteiger partial charge in [0, 0.05) is 6.42 Å². The molecule has 5 atom stereocenters. The maximum atomic E-state index is 13.0. The SMILES string of the molecule is COc1cc(C(=O)O)ccc1O[C@H]1O[C@H](COC(=O)c2cc(OC)c(O)c(OCCc3ccccc3)c2)[C@@H](O)[C@H](O)[C@H]1O. The van der Waals surface area contributed by atoms with Crippen LogP contribution in [0.3, 0.4) is 0 Å². The molecule has 1 heterocycles. The number of carboxylic acid groups (broad SMARTS) is 1. The van der Waals surface area contributed by atoms with E-state index in [2.05, 4.69) is 0 Å². The van der Waals surface area contributed by atoms with Crippen molar-refractivity contribution in [2.75, 3.05) is 27.4 Å². The number of aliphatic hydroxyl groups excluding tert-OH is 3. The zero-order valence-corrected chi connectivity index (χ0v) is 23.3. The molecule has 1 saturated heterocycles. The zero-order chi connectivity index (χ0) is 31.1. The molecule has 230 valence electrons. The normalized spacial score (nSPS) is 21.5. The van der Waals surface area contributed by atoms with Crippen LogP contribution in [0.1, 0.15) is 26.3 Å². The minimum Gasteiger partial charge on any atom is -0.502 e. The van der Waals surface area contributed by atoms with Gasteiger partial charge in [-0.1, -0.05) is 30.3 Å². The van der Waals surface area contributed by atoms with Gasteiger partial charge in [0.05, 0.1) is 32.0 Å². The van der Waals surface area contributed by atoms with E-state index in [1.165, 1.54) is 44.6 Å². The first kappa shape index (κ1) is 31.4. The summed E-state index contributed by atoms with van der Waals surface area (Å²) in [5, 5.41) is 51.0. The molecule has 13 nitrogen and oxygen atoms in total. The molecule has 0 aliphatic carbocycles. The van der Waals surface area contributed by atoms with Gasteiger partial charge in [-0.2, -0.15) is 0 Å². The van der Waals surface area contributed by atoms with Crippen molar-refractivity contribution < 1.29 is 63.5 Å². The highest BCUT2D eigenvalue weighted by molar-refractivity contribution is 5.91. The summed E-state index contributed by atoms with van der Waals surface area (Å²) in [4.78, 5) is 24.2. The van der Waals surface area contributed by atoms with Gasteiger partial charge in [0.25, 0.3) is 0 Å². The van der Waals surface area contributed by atoms with Crippen molar-refractivity contribution in [2.24, 2.45) is 0 Å². The molecule has 0 saturated carbocycles. The predicted molar refractivity (Wildman–Crippen MR) is 148 cm³/mol. The minimum atomic E-state index is -1.75. The van der Waals surface area contributed by atoms with Gasteiger partial charge in [-0.15, -0.1) is 0 Å². The standard InChI is InChI=1S/C30H32O13/c1-38-20-12-17(28(35)36)8-9-19(20)42-30-27(34)26(33)25(32)23(43-30)15-41-29(37)18-13-21(39-2)24(31)22(14-18)40-11-10-16-6-4-3-5-7-16/h3-9,12-14,23,25-27,30-34H,10-11,15H2,1-2H3,(H,35,36)/t23-,25-,26+,27-,30+/m1/s1. The van der Waals surface area contributed by atoms with Crippen molar-refractivity contribution in [3.05, 3.63) is 77.4 Å². The van der Waals surface area contributed by atoms with Crippen LogP contribution in [0.2, 0.25) is 0 Å². The lowest BCUT2D eigenvalue weighted by Gasteiger charge is -2.40. The molecule has 0 bridgehead atoms. The highest BCUT2D eigenvalue weighted by Gasteiger charge is 2.45. The number of ether oxygens (including phenoxy) is 6. The lowest BCUT2D eigenvalue weighted by Crippen LogP contribution is -2.60. The maximum Gasteiger partial charge on any atom is 0.338 e. The van der Waals surface area contributed by atoms with Gasteiger partial charge in [-0.25, -0.2) is 9.59 Å². The van der Waals surface area contributed by atoms with Crippen LogP contribution in [0.25, 0.3) is 0 Å². The van der Waals surface area contributed by atoms with Crippen LogP contribution in [0.5, 0.6) is 28.7 Å². The average Bonchev–Trinajstić information content (AvgIpc) is 3.01. The number of hydrogen-bond acceptors (Lipinski definition) is 12. The number of phenolic OH excluding ortho intramolecular Hbond substituents is 1. The summed E-state index contributed by atoms with van der Waals surface area (Å²) in [6, 6.07) is 15.8. The molecule has 13 heteroatoms. The van der Waals surface area contributed by atoms with Gasteiger partial charge < -0.3 is 54.0 Å². The minimum absolute atomic E-state index is 0.00753. The highest BCUT2D eigenvalue weighted by Crippen LogP contribution is 2.38. The van der Waals surface area contributed by atoms with Gasteiger partial charge in [0.2, 0.25) is 12.0 Å². The van der Waals surface area contributed by atoms with E-state index >= 15 is 0 Å². The quantitative estimate of drug-likeness (QED) is 0.189. The molecule has 3 aromatic rings. The number of carboxylic acids is 1. The fourth-order valence-electron chi connectivity index (χ4n) is 4.31. The third-order valence-corrected chi connectivity index (χ3v) is 6.69. The molecule has 1 fully saturated rings. The Labute approximate surface area is 246 Å². The van der Waals surface area contributed by atoms with Gasteiger partial charge in [-0.3, -0.25) is 0 Å². The van der Waals surface area contributed by atoms with Crippen LogP contribution in [-0.4, -0.2) is 95.6 Å². The van der Waals surface area contributed by atoms with Crippen molar-refractivity contribution >= 4 is 11.9 Å². The third kappa shape index (κ3) is 7.45. The number of phenols is 1. The second-order valence-electron chi connectivity index (χ2n) is 9.51. The number of aromatic carboxylic acids is 1. The summed E-state index contributed by atoms with van der Waals surface area (Å²) < 4.78 is 32.6. The third-order valence-electron chi connectivity index (χ3n) is 6.69. The smallest absolute Gasteiger partial charge is 0.338 e. The average molecular weight is 601 g/mol. The topological polar surface area (TPSA) is 191 Å². The Morgan fingerprint density at radius 3 is 2.16 bits per heavy atom. The van der Waals surface area contributed by atoms with Crippen LogP contribution >= 0.6 is 0 Å². The van der Waals surface area contributed by atoms with E-state index in [9.17, 15) is 35.1 Å². The van der Waals surface area contributed by atoms with Gasteiger partial charge >= 0.3 is 11.9 Å². The van der Waals surface area contributed by atoms with Crippen molar-refractivity contribution in [3.8, 4) is 28.7 Å². The first-order chi connectivity index (χ1) is 20.6. The molecule has 0 radical (unpaired) electrons. The second-order valence-corrected chi connectivity index (χ2v) is 9.51. The molecular formula is C30H32O13. The molecule has 5 N–H and O–H groups in total. The molecule has 0 unspecified atom stereocenters. The Morgan fingerprint density at radius 2 is 1.49 bits per heavy atom. The monoisotopic (exact) mass is 600 g/mol. The van der Waals surface area contributed by atoms with Gasteiger partial charge in [0.15, 0.2) is 23.0 Å². The molecule has 0 amide bonds. The molecular weight excluding hydrogens is 568 g/mol. The number of aliphatic hydroxyl groups is 3. The number of esters is 1. The van der Waals surface area contributed by atoms with E-state index in [4.69, 9.17) is 28.4 Å².